The summed E-state index contributed by atoms with van der Waals surface area (Å²) in [5.74, 6) is 0.0982. The summed E-state index contributed by atoms with van der Waals surface area (Å²) in [7, 11) is 0. The fourth-order valence-corrected chi connectivity index (χ4v) is 2.94. The van der Waals surface area contributed by atoms with E-state index in [9.17, 15) is 4.79 Å². The van der Waals surface area contributed by atoms with Crippen molar-refractivity contribution in [2.45, 2.75) is 13.3 Å². The monoisotopic (exact) mass is 353 g/mol. The Morgan fingerprint density at radius 1 is 1.14 bits per heavy atom. The summed E-state index contributed by atoms with van der Waals surface area (Å²) in [5, 5.41) is 1.17. The average Bonchev–Trinajstić information content (AvgIpc) is 2.92. The number of hydrogen-bond donors (Lipinski definition) is 1. The van der Waals surface area contributed by atoms with E-state index in [-0.39, 0.29) is 5.78 Å². The van der Waals surface area contributed by atoms with Gasteiger partial charge in [-0.2, -0.15) is 0 Å². The van der Waals surface area contributed by atoms with Gasteiger partial charge in [-0.15, -0.1) is 0 Å². The average molecular weight is 354 g/mol. The van der Waals surface area contributed by atoms with Crippen LogP contribution in [0.3, 0.4) is 0 Å². The van der Waals surface area contributed by atoms with Crippen molar-refractivity contribution in [3.8, 4) is 0 Å². The van der Waals surface area contributed by atoms with E-state index in [1.54, 1.807) is 6.92 Å². The zero-order valence-corrected chi connectivity index (χ0v) is 13.9. The Labute approximate surface area is 138 Å². The molecule has 22 heavy (non-hydrogen) atoms. The Morgan fingerprint density at radius 3 is 2.64 bits per heavy atom. The van der Waals surface area contributed by atoms with E-state index in [1.165, 1.54) is 5.39 Å². The summed E-state index contributed by atoms with van der Waals surface area (Å²) < 4.78 is 0.993. The molecular formula is C19H16BrNO. The lowest BCUT2D eigenvalue weighted by Gasteiger charge is -2.05. The van der Waals surface area contributed by atoms with Crippen molar-refractivity contribution < 1.29 is 4.79 Å². The van der Waals surface area contributed by atoms with E-state index in [1.807, 2.05) is 54.7 Å². The van der Waals surface area contributed by atoms with Crippen molar-refractivity contribution in [1.29, 1.82) is 0 Å². The standard InChI is InChI=1S/C19H16BrNO/c1-13(22)15(10-14-6-2-4-8-18(14)20)11-16-12-21-19-9-5-3-7-17(16)19/h2-10,12,21H,11H2,1H3/b15-10-. The van der Waals surface area contributed by atoms with Gasteiger partial charge in [0.05, 0.1) is 0 Å². The second kappa shape index (κ2) is 6.32. The van der Waals surface area contributed by atoms with Gasteiger partial charge in [0.2, 0.25) is 0 Å². The van der Waals surface area contributed by atoms with Gasteiger partial charge in [0.15, 0.2) is 5.78 Å². The van der Waals surface area contributed by atoms with E-state index in [4.69, 9.17) is 0 Å². The lowest BCUT2D eigenvalue weighted by molar-refractivity contribution is -0.113. The third-order valence-corrected chi connectivity index (χ3v) is 4.47. The Hall–Kier alpha value is -2.13. The maximum absolute atomic E-state index is 12.0. The highest BCUT2D eigenvalue weighted by Crippen LogP contribution is 2.24. The molecule has 0 atom stereocenters. The minimum Gasteiger partial charge on any atom is -0.361 e. The quantitative estimate of drug-likeness (QED) is 0.646. The van der Waals surface area contributed by atoms with Crippen LogP contribution in [-0.4, -0.2) is 10.8 Å². The van der Waals surface area contributed by atoms with Crippen LogP contribution in [0, 0.1) is 0 Å². The molecule has 0 bridgehead atoms. The highest BCUT2D eigenvalue weighted by Gasteiger charge is 2.10. The molecule has 110 valence electrons. The first-order valence-corrected chi connectivity index (χ1v) is 7.95. The molecule has 0 saturated carbocycles. The molecule has 0 unspecified atom stereocenters. The predicted molar refractivity (Wildman–Crippen MR) is 94.8 cm³/mol. The van der Waals surface area contributed by atoms with Gasteiger partial charge >= 0.3 is 0 Å². The predicted octanol–water partition coefficient (Wildman–Crippen LogP) is 5.15. The number of benzene rings is 2. The number of para-hydroxylation sites is 1. The van der Waals surface area contributed by atoms with Crippen LogP contribution in [0.5, 0.6) is 0 Å². The molecule has 0 fully saturated rings. The van der Waals surface area contributed by atoms with Gasteiger partial charge in [0.25, 0.3) is 0 Å². The third-order valence-electron chi connectivity index (χ3n) is 3.74. The molecule has 3 rings (SSSR count). The Balaban J connectivity index is 1.99. The second-order valence-electron chi connectivity index (χ2n) is 5.28. The van der Waals surface area contributed by atoms with Crippen LogP contribution in [0.2, 0.25) is 0 Å². The highest BCUT2D eigenvalue weighted by molar-refractivity contribution is 9.10. The molecule has 1 N–H and O–H groups in total. The van der Waals surface area contributed by atoms with Gasteiger partial charge in [-0.05, 0) is 41.8 Å². The van der Waals surface area contributed by atoms with Gasteiger partial charge in [0.1, 0.15) is 0 Å². The van der Waals surface area contributed by atoms with Crippen LogP contribution in [0.1, 0.15) is 18.1 Å². The molecule has 0 radical (unpaired) electrons. The molecule has 1 heterocycles. The van der Waals surface area contributed by atoms with Crippen molar-refractivity contribution in [3.05, 3.63) is 75.9 Å². The zero-order valence-electron chi connectivity index (χ0n) is 12.3. The summed E-state index contributed by atoms with van der Waals surface area (Å²) in [5.41, 5.74) is 4.06. The number of ketones is 1. The van der Waals surface area contributed by atoms with Crippen molar-refractivity contribution in [2.75, 3.05) is 0 Å². The molecule has 3 aromatic rings. The number of Topliss-reactive ketones (excluding diaryl/α,β-unsaturated/α-hetero) is 1. The third kappa shape index (κ3) is 3.04. The Kier molecular flexibility index (Phi) is 4.25. The van der Waals surface area contributed by atoms with Crippen molar-refractivity contribution in [1.82, 2.24) is 4.98 Å². The van der Waals surface area contributed by atoms with E-state index in [0.717, 1.165) is 26.7 Å². The second-order valence-corrected chi connectivity index (χ2v) is 6.14. The van der Waals surface area contributed by atoms with Crippen LogP contribution >= 0.6 is 15.9 Å². The lowest BCUT2D eigenvalue weighted by atomic mass is 9.99. The van der Waals surface area contributed by atoms with Crippen molar-refractivity contribution in [2.24, 2.45) is 0 Å². The number of H-pyrrole nitrogens is 1. The van der Waals surface area contributed by atoms with Gasteiger partial charge in [-0.3, -0.25) is 4.79 Å². The van der Waals surface area contributed by atoms with E-state index < -0.39 is 0 Å². The number of fused-ring (bicyclic) bond motifs is 1. The van der Waals surface area contributed by atoms with Gasteiger partial charge in [-0.1, -0.05) is 52.3 Å². The van der Waals surface area contributed by atoms with E-state index in [2.05, 4.69) is 27.0 Å². The summed E-state index contributed by atoms with van der Waals surface area (Å²) in [6, 6.07) is 16.1. The SMILES string of the molecule is CC(=O)/C(=C\c1ccccc1Br)Cc1c[nH]c2ccccc12. The first-order chi connectivity index (χ1) is 10.6. The molecule has 0 amide bonds. The van der Waals surface area contributed by atoms with Crippen LogP contribution in [-0.2, 0) is 11.2 Å². The van der Waals surface area contributed by atoms with Crippen molar-refractivity contribution in [3.63, 3.8) is 0 Å². The molecule has 0 aliphatic carbocycles. The number of rotatable bonds is 4. The van der Waals surface area contributed by atoms with Crippen LogP contribution < -0.4 is 0 Å². The summed E-state index contributed by atoms with van der Waals surface area (Å²) in [6.07, 6.45) is 4.58. The topological polar surface area (TPSA) is 32.9 Å². The highest BCUT2D eigenvalue weighted by atomic mass is 79.9. The first kappa shape index (κ1) is 14.8. The number of hydrogen-bond acceptors (Lipinski definition) is 1. The number of halogens is 1. The molecule has 0 saturated heterocycles. The fraction of sp³-hybridized carbons (Fsp3) is 0.105. The molecule has 3 heteroatoms. The molecular weight excluding hydrogens is 338 g/mol. The number of allylic oxidation sites excluding steroid dienone is 1. The normalized spacial score (nSPS) is 11.8. The lowest BCUT2D eigenvalue weighted by Crippen LogP contribution is -2.00. The number of carbonyl (C=O) groups excluding carboxylic acids is 1. The van der Waals surface area contributed by atoms with Gasteiger partial charge < -0.3 is 4.98 Å². The van der Waals surface area contributed by atoms with E-state index in [0.29, 0.717) is 6.42 Å². The van der Waals surface area contributed by atoms with E-state index >= 15 is 0 Å². The summed E-state index contributed by atoms with van der Waals surface area (Å²) >= 11 is 3.53. The molecule has 1 aromatic heterocycles. The van der Waals surface area contributed by atoms with Crippen LogP contribution in [0.4, 0.5) is 0 Å². The van der Waals surface area contributed by atoms with Crippen LogP contribution in [0.25, 0.3) is 17.0 Å². The number of aromatic nitrogens is 1. The van der Waals surface area contributed by atoms with Gasteiger partial charge in [-0.25, -0.2) is 0 Å². The minimum absolute atomic E-state index is 0.0982. The van der Waals surface area contributed by atoms with Crippen LogP contribution in [0.15, 0.2) is 64.8 Å². The van der Waals surface area contributed by atoms with Crippen molar-refractivity contribution >= 4 is 38.7 Å². The molecule has 0 aliphatic heterocycles. The first-order valence-electron chi connectivity index (χ1n) is 7.16. The number of aromatic amines is 1. The molecule has 2 nitrogen and oxygen atoms in total. The summed E-state index contributed by atoms with van der Waals surface area (Å²) in [4.78, 5) is 15.3. The molecule has 2 aromatic carbocycles. The minimum atomic E-state index is 0.0982. The Morgan fingerprint density at radius 2 is 1.86 bits per heavy atom. The molecule has 0 aliphatic rings. The smallest absolute Gasteiger partial charge is 0.156 e. The summed E-state index contributed by atoms with van der Waals surface area (Å²) in [6.45, 7) is 1.62. The fourth-order valence-electron chi connectivity index (χ4n) is 2.54. The number of carbonyl (C=O) groups is 1. The Bertz CT molecular complexity index is 861. The zero-order chi connectivity index (χ0) is 15.5. The maximum atomic E-state index is 12.0. The molecule has 0 spiro atoms. The number of nitrogens with one attached hydrogen (secondary N) is 1. The largest absolute Gasteiger partial charge is 0.361 e. The maximum Gasteiger partial charge on any atom is 0.156 e. The van der Waals surface area contributed by atoms with Gasteiger partial charge in [0, 0.05) is 28.0 Å².